The van der Waals surface area contributed by atoms with Gasteiger partial charge in [0.1, 0.15) is 6.29 Å². The van der Waals surface area contributed by atoms with E-state index in [1.807, 2.05) is 24.3 Å². The van der Waals surface area contributed by atoms with Crippen molar-refractivity contribution in [2.45, 2.75) is 5.92 Å². The zero-order valence-electron chi connectivity index (χ0n) is 18.3. The Morgan fingerprint density at radius 3 is 1.09 bits per heavy atom. The quantitative estimate of drug-likeness (QED) is 0.199. The van der Waals surface area contributed by atoms with Crippen LogP contribution in [-0.2, 0) is 0 Å². The van der Waals surface area contributed by atoms with Gasteiger partial charge in [0.2, 0.25) is 0 Å². The first kappa shape index (κ1) is 20.7. The average Bonchev–Trinajstić information content (AvgIpc) is 2.91. The predicted octanol–water partition coefficient (Wildman–Crippen LogP) is 8.01. The number of carbonyl (C=O) groups excluding carboxylic acids is 1. The van der Waals surface area contributed by atoms with E-state index in [1.165, 1.54) is 38.9 Å². The molecule has 5 aromatic carbocycles. The smallest absolute Gasteiger partial charge is 0.150 e. The summed E-state index contributed by atoms with van der Waals surface area (Å²) in [6, 6.07) is 46.4. The molecule has 33 heavy (non-hydrogen) atoms. The van der Waals surface area contributed by atoms with E-state index in [4.69, 9.17) is 0 Å². The van der Waals surface area contributed by atoms with Crippen molar-refractivity contribution in [3.63, 3.8) is 0 Å². The molecule has 0 radical (unpaired) electrons. The zero-order valence-corrected chi connectivity index (χ0v) is 18.3. The van der Waals surface area contributed by atoms with Gasteiger partial charge in [0.25, 0.3) is 0 Å². The second-order valence-electron chi connectivity index (χ2n) is 8.19. The molecule has 0 aliphatic carbocycles. The second-order valence-corrected chi connectivity index (χ2v) is 8.19. The van der Waals surface area contributed by atoms with E-state index in [1.54, 1.807) is 0 Å². The summed E-state index contributed by atoms with van der Waals surface area (Å²) in [6.45, 7) is 0. The van der Waals surface area contributed by atoms with Crippen LogP contribution in [0.4, 0.5) is 0 Å². The van der Waals surface area contributed by atoms with E-state index < -0.39 is 0 Å². The fourth-order valence-electron chi connectivity index (χ4n) is 4.34. The van der Waals surface area contributed by atoms with E-state index in [2.05, 4.69) is 109 Å². The number of aldehydes is 1. The van der Waals surface area contributed by atoms with Crippen molar-refractivity contribution in [1.29, 1.82) is 0 Å². The number of rotatable bonds is 6. The minimum absolute atomic E-state index is 0.0837. The molecule has 0 unspecified atom stereocenters. The molecule has 0 aromatic heterocycles. The third kappa shape index (κ3) is 4.53. The summed E-state index contributed by atoms with van der Waals surface area (Å²) in [7, 11) is 0. The Kier molecular flexibility index (Phi) is 5.95. The molecule has 0 heterocycles. The Morgan fingerprint density at radius 1 is 0.394 bits per heavy atom. The maximum Gasteiger partial charge on any atom is 0.150 e. The van der Waals surface area contributed by atoms with Gasteiger partial charge in [-0.3, -0.25) is 4.79 Å². The molecular weight excluding hydrogens is 400 g/mol. The first-order chi connectivity index (χ1) is 16.3. The summed E-state index contributed by atoms with van der Waals surface area (Å²) in [4.78, 5) is 11.2. The summed E-state index contributed by atoms with van der Waals surface area (Å²) in [5, 5.41) is 0. The molecule has 0 aliphatic rings. The van der Waals surface area contributed by atoms with Gasteiger partial charge in [-0.15, -0.1) is 0 Å². The molecular formula is C32H24O. The van der Waals surface area contributed by atoms with Crippen molar-refractivity contribution >= 4 is 6.29 Å². The molecule has 1 heteroatoms. The molecule has 0 aliphatic heterocycles. The number of carbonyl (C=O) groups is 1. The molecule has 5 aromatic rings. The van der Waals surface area contributed by atoms with Gasteiger partial charge in [-0.1, -0.05) is 133 Å². The summed E-state index contributed by atoms with van der Waals surface area (Å²) >= 11 is 0. The molecule has 0 bridgehead atoms. The van der Waals surface area contributed by atoms with E-state index in [-0.39, 0.29) is 5.92 Å². The first-order valence-electron chi connectivity index (χ1n) is 11.2. The van der Waals surface area contributed by atoms with Crippen molar-refractivity contribution in [1.82, 2.24) is 0 Å². The Labute approximate surface area is 195 Å². The summed E-state index contributed by atoms with van der Waals surface area (Å²) in [6.07, 6.45) is 0.891. The minimum Gasteiger partial charge on any atom is -0.298 e. The van der Waals surface area contributed by atoms with Crippen LogP contribution >= 0.6 is 0 Å². The standard InChI is InChI=1S/C32H24O/c33-23-24-11-13-29(14-12-24)32(30-19-15-27(16-20-30)25-7-3-1-4-8-25)31-21-17-28(18-22-31)26-9-5-2-6-10-26/h1-23,32H. The van der Waals surface area contributed by atoms with Crippen molar-refractivity contribution in [3.8, 4) is 22.3 Å². The van der Waals surface area contributed by atoms with Crippen LogP contribution < -0.4 is 0 Å². The van der Waals surface area contributed by atoms with Gasteiger partial charge >= 0.3 is 0 Å². The van der Waals surface area contributed by atoms with Crippen LogP contribution in [0.2, 0.25) is 0 Å². The van der Waals surface area contributed by atoms with Gasteiger partial charge in [0.15, 0.2) is 0 Å². The van der Waals surface area contributed by atoms with E-state index in [9.17, 15) is 4.79 Å². The average molecular weight is 425 g/mol. The monoisotopic (exact) mass is 424 g/mol. The lowest BCUT2D eigenvalue weighted by Crippen LogP contribution is -2.04. The van der Waals surface area contributed by atoms with Gasteiger partial charge in [-0.2, -0.15) is 0 Å². The maximum atomic E-state index is 11.2. The number of benzene rings is 5. The van der Waals surface area contributed by atoms with Crippen molar-refractivity contribution in [2.24, 2.45) is 0 Å². The maximum absolute atomic E-state index is 11.2. The van der Waals surface area contributed by atoms with Crippen LogP contribution in [0.25, 0.3) is 22.3 Å². The van der Waals surface area contributed by atoms with Crippen LogP contribution in [0.1, 0.15) is 33.0 Å². The highest BCUT2D eigenvalue weighted by molar-refractivity contribution is 5.75. The van der Waals surface area contributed by atoms with Crippen LogP contribution in [0.15, 0.2) is 133 Å². The fourth-order valence-corrected chi connectivity index (χ4v) is 4.34. The third-order valence-electron chi connectivity index (χ3n) is 6.11. The topological polar surface area (TPSA) is 17.1 Å². The van der Waals surface area contributed by atoms with Crippen molar-refractivity contribution in [3.05, 3.63) is 156 Å². The van der Waals surface area contributed by atoms with Crippen molar-refractivity contribution in [2.75, 3.05) is 0 Å². The van der Waals surface area contributed by atoms with Crippen LogP contribution in [0, 0.1) is 0 Å². The Bertz CT molecular complexity index is 1240. The molecule has 0 fully saturated rings. The van der Waals surface area contributed by atoms with Crippen molar-refractivity contribution < 1.29 is 4.79 Å². The molecule has 0 N–H and O–H groups in total. The molecule has 0 atom stereocenters. The highest BCUT2D eigenvalue weighted by Crippen LogP contribution is 2.34. The first-order valence-corrected chi connectivity index (χ1v) is 11.2. The molecule has 1 nitrogen and oxygen atoms in total. The van der Waals surface area contributed by atoms with Crippen LogP contribution in [0.5, 0.6) is 0 Å². The fraction of sp³-hybridized carbons (Fsp3) is 0.0312. The normalized spacial score (nSPS) is 10.8. The Morgan fingerprint density at radius 2 is 0.727 bits per heavy atom. The lowest BCUT2D eigenvalue weighted by atomic mass is 9.84. The highest BCUT2D eigenvalue weighted by Gasteiger charge is 2.17. The van der Waals surface area contributed by atoms with Gasteiger partial charge in [-0.25, -0.2) is 0 Å². The Balaban J connectivity index is 1.54. The highest BCUT2D eigenvalue weighted by atomic mass is 16.1. The summed E-state index contributed by atoms with van der Waals surface area (Å²) in [5.74, 6) is 0.0837. The predicted molar refractivity (Wildman–Crippen MR) is 137 cm³/mol. The SMILES string of the molecule is O=Cc1ccc(C(c2ccc(-c3ccccc3)cc2)c2ccc(-c3ccccc3)cc2)cc1. The van der Waals surface area contributed by atoms with E-state index >= 15 is 0 Å². The second kappa shape index (κ2) is 9.50. The van der Waals surface area contributed by atoms with E-state index in [0.29, 0.717) is 5.56 Å². The molecule has 0 spiro atoms. The lowest BCUT2D eigenvalue weighted by Gasteiger charge is -2.20. The number of hydrogen-bond acceptors (Lipinski definition) is 1. The van der Waals surface area contributed by atoms with Crippen LogP contribution in [0.3, 0.4) is 0 Å². The minimum atomic E-state index is 0.0837. The summed E-state index contributed by atoms with van der Waals surface area (Å²) < 4.78 is 0. The van der Waals surface area contributed by atoms with Gasteiger partial charge in [0, 0.05) is 11.5 Å². The van der Waals surface area contributed by atoms with E-state index in [0.717, 1.165) is 6.29 Å². The summed E-state index contributed by atoms with van der Waals surface area (Å²) in [5.41, 5.74) is 9.13. The van der Waals surface area contributed by atoms with Gasteiger partial charge in [0.05, 0.1) is 0 Å². The Hall–Kier alpha value is -4.23. The molecule has 158 valence electrons. The van der Waals surface area contributed by atoms with Crippen LogP contribution in [-0.4, -0.2) is 6.29 Å². The zero-order chi connectivity index (χ0) is 22.5. The van der Waals surface area contributed by atoms with Gasteiger partial charge in [-0.05, 0) is 38.9 Å². The molecule has 5 rings (SSSR count). The third-order valence-corrected chi connectivity index (χ3v) is 6.11. The molecule has 0 amide bonds. The molecule has 0 saturated carbocycles. The number of hydrogen-bond donors (Lipinski definition) is 0. The molecule has 0 saturated heterocycles. The lowest BCUT2D eigenvalue weighted by molar-refractivity contribution is 0.112. The van der Waals surface area contributed by atoms with Gasteiger partial charge < -0.3 is 0 Å². The largest absolute Gasteiger partial charge is 0.298 e.